The van der Waals surface area contributed by atoms with Crippen molar-refractivity contribution < 1.29 is 9.53 Å². The number of anilines is 1. The van der Waals surface area contributed by atoms with E-state index in [-0.39, 0.29) is 5.91 Å². The van der Waals surface area contributed by atoms with Gasteiger partial charge in [-0.2, -0.15) is 0 Å². The predicted molar refractivity (Wildman–Crippen MR) is 117 cm³/mol. The number of carbonyl (C=O) groups excluding carboxylic acids is 1. The van der Waals surface area contributed by atoms with Gasteiger partial charge in [-0.15, -0.1) is 0 Å². The van der Waals surface area contributed by atoms with Crippen LogP contribution in [-0.4, -0.2) is 17.6 Å². The van der Waals surface area contributed by atoms with Crippen LogP contribution in [-0.2, 0) is 4.79 Å². The van der Waals surface area contributed by atoms with Gasteiger partial charge >= 0.3 is 0 Å². The third-order valence-electron chi connectivity index (χ3n) is 4.21. The maximum absolute atomic E-state index is 13.1. The van der Waals surface area contributed by atoms with E-state index in [0.717, 1.165) is 5.75 Å². The second-order valence-electron chi connectivity index (χ2n) is 6.15. The van der Waals surface area contributed by atoms with Crippen LogP contribution in [0.2, 0.25) is 10.0 Å². The molecule has 1 amide bonds. The summed E-state index contributed by atoms with van der Waals surface area (Å²) in [7, 11) is 0. The minimum atomic E-state index is -0.499. The molecular formula is C20H19Cl2N3O2S. The number of hydrogen-bond donors (Lipinski definition) is 3. The van der Waals surface area contributed by atoms with Crippen LogP contribution >= 0.6 is 35.4 Å². The van der Waals surface area contributed by atoms with Gasteiger partial charge in [0.1, 0.15) is 5.75 Å². The molecule has 0 bridgehead atoms. The standard InChI is InChI=1S/C20H19Cl2N3O2S/c1-3-27-14-7-5-13(6-8-14)24-19(26)17-11(2)23-20(28)25-18(17)15-9-4-12(21)10-16(15)22/h4-10,18H,3H2,1-2H3,(H,24,26)(H2,23,25,28)/t18-/m1/s1. The molecule has 1 aliphatic rings. The largest absolute Gasteiger partial charge is 0.494 e. The monoisotopic (exact) mass is 435 g/mol. The minimum absolute atomic E-state index is 0.264. The van der Waals surface area contributed by atoms with Gasteiger partial charge in [-0.25, -0.2) is 0 Å². The highest BCUT2D eigenvalue weighted by Gasteiger charge is 2.31. The van der Waals surface area contributed by atoms with Crippen molar-refractivity contribution in [2.45, 2.75) is 19.9 Å². The number of halogens is 2. The Morgan fingerprint density at radius 3 is 2.57 bits per heavy atom. The van der Waals surface area contributed by atoms with E-state index in [1.165, 1.54) is 0 Å². The summed E-state index contributed by atoms with van der Waals surface area (Å²) < 4.78 is 5.43. The first-order chi connectivity index (χ1) is 13.4. The number of benzene rings is 2. The van der Waals surface area contributed by atoms with Crippen molar-refractivity contribution in [3.8, 4) is 5.75 Å². The molecule has 0 aliphatic carbocycles. The molecule has 8 heteroatoms. The highest BCUT2D eigenvalue weighted by Crippen LogP contribution is 2.33. The summed E-state index contributed by atoms with van der Waals surface area (Å²) in [5, 5.41) is 10.4. The van der Waals surface area contributed by atoms with E-state index in [9.17, 15) is 4.79 Å². The summed E-state index contributed by atoms with van der Waals surface area (Å²) in [5.74, 6) is 0.480. The lowest BCUT2D eigenvalue weighted by atomic mass is 9.95. The number of ether oxygens (including phenoxy) is 1. The highest BCUT2D eigenvalue weighted by atomic mass is 35.5. The van der Waals surface area contributed by atoms with E-state index in [2.05, 4.69) is 16.0 Å². The zero-order chi connectivity index (χ0) is 20.3. The molecule has 0 saturated carbocycles. The first kappa shape index (κ1) is 20.5. The number of allylic oxidation sites excluding steroid dienone is 1. The molecule has 146 valence electrons. The number of rotatable bonds is 5. The summed E-state index contributed by atoms with van der Waals surface area (Å²) in [5.41, 5.74) is 2.52. The molecule has 3 rings (SSSR count). The number of amides is 1. The second kappa shape index (κ2) is 8.82. The van der Waals surface area contributed by atoms with Crippen LogP contribution in [0.25, 0.3) is 0 Å². The summed E-state index contributed by atoms with van der Waals surface area (Å²) in [6.45, 7) is 4.30. The van der Waals surface area contributed by atoms with Crippen LogP contribution in [0.15, 0.2) is 53.7 Å². The quantitative estimate of drug-likeness (QED) is 0.587. The van der Waals surface area contributed by atoms with Gasteiger partial charge in [0.25, 0.3) is 5.91 Å². The van der Waals surface area contributed by atoms with Crippen LogP contribution in [0, 0.1) is 0 Å². The summed E-state index contributed by atoms with van der Waals surface area (Å²) in [6.07, 6.45) is 0. The first-order valence-corrected chi connectivity index (χ1v) is 9.83. The molecule has 28 heavy (non-hydrogen) atoms. The highest BCUT2D eigenvalue weighted by molar-refractivity contribution is 7.80. The third-order valence-corrected chi connectivity index (χ3v) is 4.99. The summed E-state index contributed by atoms with van der Waals surface area (Å²) in [4.78, 5) is 13.1. The fourth-order valence-corrected chi connectivity index (χ4v) is 3.75. The average molecular weight is 436 g/mol. The Bertz CT molecular complexity index is 945. The SMILES string of the molecule is CCOc1ccc(NC(=O)C2=C(C)NC(=S)N[C@@H]2c2ccc(Cl)cc2Cl)cc1. The minimum Gasteiger partial charge on any atom is -0.494 e. The smallest absolute Gasteiger partial charge is 0.255 e. The summed E-state index contributed by atoms with van der Waals surface area (Å²) in [6, 6.07) is 11.8. The Balaban J connectivity index is 1.90. The van der Waals surface area contributed by atoms with E-state index in [0.29, 0.717) is 44.3 Å². The van der Waals surface area contributed by atoms with Crippen molar-refractivity contribution in [2.24, 2.45) is 0 Å². The fraction of sp³-hybridized carbons (Fsp3) is 0.200. The van der Waals surface area contributed by atoms with Gasteiger partial charge in [-0.3, -0.25) is 4.79 Å². The molecule has 1 atom stereocenters. The molecule has 0 unspecified atom stereocenters. The molecule has 0 spiro atoms. The molecule has 0 saturated heterocycles. The van der Waals surface area contributed by atoms with Crippen molar-refractivity contribution >= 4 is 52.1 Å². The van der Waals surface area contributed by atoms with Gasteiger partial charge in [0.05, 0.1) is 18.2 Å². The molecule has 0 aromatic heterocycles. The molecule has 3 N–H and O–H groups in total. The van der Waals surface area contributed by atoms with Crippen LogP contribution in [0.5, 0.6) is 5.75 Å². The number of nitrogens with one attached hydrogen (secondary N) is 3. The number of hydrogen-bond acceptors (Lipinski definition) is 3. The van der Waals surface area contributed by atoms with Crippen molar-refractivity contribution in [1.29, 1.82) is 0 Å². The van der Waals surface area contributed by atoms with Gasteiger partial charge in [0, 0.05) is 21.4 Å². The van der Waals surface area contributed by atoms with Crippen LogP contribution in [0.1, 0.15) is 25.5 Å². The molecule has 2 aromatic rings. The lowest BCUT2D eigenvalue weighted by molar-refractivity contribution is -0.113. The van der Waals surface area contributed by atoms with Crippen LogP contribution in [0.3, 0.4) is 0 Å². The van der Waals surface area contributed by atoms with E-state index < -0.39 is 6.04 Å². The first-order valence-electron chi connectivity index (χ1n) is 8.66. The molecule has 1 heterocycles. The Labute approximate surface area is 179 Å². The molecule has 0 radical (unpaired) electrons. The van der Waals surface area contributed by atoms with Gasteiger partial charge < -0.3 is 20.7 Å². The Morgan fingerprint density at radius 2 is 1.93 bits per heavy atom. The van der Waals surface area contributed by atoms with Gasteiger partial charge in [-0.05, 0) is 68.0 Å². The third kappa shape index (κ3) is 4.58. The number of thiocarbonyl (C=S) groups is 1. The lowest BCUT2D eigenvalue weighted by Crippen LogP contribution is -2.45. The van der Waals surface area contributed by atoms with E-state index in [4.69, 9.17) is 40.2 Å². The molecule has 5 nitrogen and oxygen atoms in total. The van der Waals surface area contributed by atoms with Crippen LogP contribution < -0.4 is 20.7 Å². The maximum atomic E-state index is 13.1. The van der Waals surface area contributed by atoms with Crippen LogP contribution in [0.4, 0.5) is 5.69 Å². The topological polar surface area (TPSA) is 62.4 Å². The molecule has 0 fully saturated rings. The Hall–Kier alpha value is -2.28. The lowest BCUT2D eigenvalue weighted by Gasteiger charge is -2.31. The zero-order valence-electron chi connectivity index (χ0n) is 15.3. The van der Waals surface area contributed by atoms with E-state index in [1.807, 2.05) is 6.92 Å². The van der Waals surface area contributed by atoms with Gasteiger partial charge in [-0.1, -0.05) is 29.3 Å². The number of carbonyl (C=O) groups is 1. The zero-order valence-corrected chi connectivity index (χ0v) is 17.6. The fourth-order valence-electron chi connectivity index (χ4n) is 2.96. The van der Waals surface area contributed by atoms with Crippen molar-refractivity contribution in [3.63, 3.8) is 0 Å². The van der Waals surface area contributed by atoms with E-state index >= 15 is 0 Å². The normalized spacial score (nSPS) is 16.3. The van der Waals surface area contributed by atoms with Crippen molar-refractivity contribution in [1.82, 2.24) is 10.6 Å². The second-order valence-corrected chi connectivity index (χ2v) is 7.40. The maximum Gasteiger partial charge on any atom is 0.255 e. The predicted octanol–water partition coefficient (Wildman–Crippen LogP) is 4.82. The molecule has 1 aliphatic heterocycles. The van der Waals surface area contributed by atoms with Gasteiger partial charge in [0.15, 0.2) is 5.11 Å². The Kier molecular flexibility index (Phi) is 6.44. The van der Waals surface area contributed by atoms with E-state index in [1.54, 1.807) is 49.4 Å². The molecule has 2 aromatic carbocycles. The molecular weight excluding hydrogens is 417 g/mol. The summed E-state index contributed by atoms with van der Waals surface area (Å²) >= 11 is 17.7. The van der Waals surface area contributed by atoms with Gasteiger partial charge in [0.2, 0.25) is 0 Å². The Morgan fingerprint density at radius 1 is 1.21 bits per heavy atom. The average Bonchev–Trinajstić information content (AvgIpc) is 2.63. The van der Waals surface area contributed by atoms with Crippen molar-refractivity contribution in [2.75, 3.05) is 11.9 Å². The van der Waals surface area contributed by atoms with Crippen molar-refractivity contribution in [3.05, 3.63) is 69.3 Å².